The van der Waals surface area contributed by atoms with Crippen molar-refractivity contribution in [1.82, 2.24) is 10.2 Å². The van der Waals surface area contributed by atoms with Crippen LogP contribution >= 0.6 is 0 Å². The van der Waals surface area contributed by atoms with Crippen molar-refractivity contribution in [1.29, 1.82) is 0 Å². The Hall–Kier alpha value is -2.57. The van der Waals surface area contributed by atoms with Crippen molar-refractivity contribution >= 4 is 17.8 Å². The highest BCUT2D eigenvalue weighted by molar-refractivity contribution is 6.07. The first kappa shape index (κ1) is 15.8. The van der Waals surface area contributed by atoms with Crippen LogP contribution in [0.2, 0.25) is 0 Å². The van der Waals surface area contributed by atoms with Gasteiger partial charge in [-0.3, -0.25) is 14.5 Å². The van der Waals surface area contributed by atoms with E-state index in [1.807, 2.05) is 6.92 Å². The van der Waals surface area contributed by atoms with E-state index in [9.17, 15) is 14.4 Å². The van der Waals surface area contributed by atoms with E-state index >= 15 is 0 Å². The maximum absolute atomic E-state index is 12.6. The molecule has 1 aliphatic heterocycles. The predicted molar refractivity (Wildman–Crippen MR) is 79.1 cm³/mol. The molecule has 0 aromatic heterocycles. The molecule has 0 radical (unpaired) electrons. The molecule has 1 saturated heterocycles. The molecule has 1 unspecified atom stereocenters. The third kappa shape index (κ3) is 2.61. The van der Waals surface area contributed by atoms with Gasteiger partial charge >= 0.3 is 6.03 Å². The van der Waals surface area contributed by atoms with Gasteiger partial charge in [0.2, 0.25) is 5.91 Å². The number of benzene rings is 1. The molecule has 1 atom stereocenters. The molecule has 0 spiro atoms. The van der Waals surface area contributed by atoms with E-state index in [4.69, 9.17) is 10.5 Å². The standard InChI is InChI=1S/C15H19N3O4/c1-9-8-10(4-5-11(9)22-3)15(2)13(20)18(14(21)17-15)7-6-12(16)19/h4-5,8H,6-7H2,1-3H3,(H2,16,19)(H,17,21). The zero-order valence-electron chi connectivity index (χ0n) is 12.8. The lowest BCUT2D eigenvalue weighted by Crippen LogP contribution is -2.41. The van der Waals surface area contributed by atoms with E-state index in [1.54, 1.807) is 32.2 Å². The highest BCUT2D eigenvalue weighted by Gasteiger charge is 2.48. The van der Waals surface area contributed by atoms with E-state index in [-0.39, 0.29) is 13.0 Å². The number of hydrogen-bond donors (Lipinski definition) is 2. The van der Waals surface area contributed by atoms with Crippen LogP contribution in [0.5, 0.6) is 5.75 Å². The molecule has 1 fully saturated rings. The predicted octanol–water partition coefficient (Wildman–Crippen LogP) is 0.646. The third-order valence-corrected chi connectivity index (χ3v) is 3.83. The summed E-state index contributed by atoms with van der Waals surface area (Å²) in [6.45, 7) is 3.47. The van der Waals surface area contributed by atoms with Gasteiger partial charge in [0.15, 0.2) is 0 Å². The van der Waals surface area contributed by atoms with Crippen molar-refractivity contribution in [3.63, 3.8) is 0 Å². The van der Waals surface area contributed by atoms with Gasteiger partial charge in [0.25, 0.3) is 5.91 Å². The summed E-state index contributed by atoms with van der Waals surface area (Å²) in [5.74, 6) is -0.257. The van der Waals surface area contributed by atoms with Crippen LogP contribution < -0.4 is 15.8 Å². The lowest BCUT2D eigenvalue weighted by Gasteiger charge is -2.23. The fraction of sp³-hybridized carbons (Fsp3) is 0.400. The molecule has 0 aliphatic carbocycles. The molecule has 7 nitrogen and oxygen atoms in total. The third-order valence-electron chi connectivity index (χ3n) is 3.83. The molecule has 7 heteroatoms. The molecule has 0 saturated carbocycles. The van der Waals surface area contributed by atoms with Crippen molar-refractivity contribution in [3.8, 4) is 5.75 Å². The minimum atomic E-state index is -1.16. The fourth-order valence-electron chi connectivity index (χ4n) is 2.51. The van der Waals surface area contributed by atoms with Crippen LogP contribution in [0.3, 0.4) is 0 Å². The Morgan fingerprint density at radius 3 is 2.64 bits per heavy atom. The fourth-order valence-corrected chi connectivity index (χ4v) is 2.51. The number of nitrogens with zero attached hydrogens (tertiary/aromatic N) is 1. The Morgan fingerprint density at radius 1 is 1.41 bits per heavy atom. The van der Waals surface area contributed by atoms with Gasteiger partial charge in [-0.2, -0.15) is 0 Å². The molecule has 0 bridgehead atoms. The Labute approximate surface area is 128 Å². The molecule has 22 heavy (non-hydrogen) atoms. The van der Waals surface area contributed by atoms with E-state index in [0.717, 1.165) is 10.5 Å². The van der Waals surface area contributed by atoms with Gasteiger partial charge in [-0.05, 0) is 37.1 Å². The van der Waals surface area contributed by atoms with Crippen LogP contribution in [0, 0.1) is 6.92 Å². The molecular weight excluding hydrogens is 286 g/mol. The Bertz CT molecular complexity index is 644. The SMILES string of the molecule is COc1ccc(C2(C)NC(=O)N(CCC(N)=O)C2=O)cc1C. The second-order valence-corrected chi connectivity index (χ2v) is 5.41. The number of primary amides is 1. The van der Waals surface area contributed by atoms with Crippen LogP contribution in [-0.2, 0) is 15.1 Å². The maximum Gasteiger partial charge on any atom is 0.325 e. The van der Waals surface area contributed by atoms with Crippen molar-refractivity contribution in [2.75, 3.05) is 13.7 Å². The molecule has 118 valence electrons. The number of urea groups is 1. The second kappa shape index (κ2) is 5.67. The monoisotopic (exact) mass is 305 g/mol. The topological polar surface area (TPSA) is 102 Å². The van der Waals surface area contributed by atoms with Gasteiger partial charge in [-0.15, -0.1) is 0 Å². The first-order valence-corrected chi connectivity index (χ1v) is 6.87. The Kier molecular flexibility index (Phi) is 4.07. The van der Waals surface area contributed by atoms with Crippen molar-refractivity contribution in [3.05, 3.63) is 29.3 Å². The van der Waals surface area contributed by atoms with Gasteiger partial charge in [-0.25, -0.2) is 4.79 Å². The number of nitrogens with one attached hydrogen (secondary N) is 1. The molecule has 3 N–H and O–H groups in total. The normalized spacial score (nSPS) is 21.0. The van der Waals surface area contributed by atoms with Crippen LogP contribution in [0.15, 0.2) is 18.2 Å². The molecule has 4 amide bonds. The lowest BCUT2D eigenvalue weighted by molar-refractivity contribution is -0.131. The summed E-state index contributed by atoms with van der Waals surface area (Å²) < 4.78 is 5.20. The van der Waals surface area contributed by atoms with Gasteiger partial charge in [0.05, 0.1) is 7.11 Å². The van der Waals surface area contributed by atoms with Crippen LogP contribution in [-0.4, -0.2) is 36.4 Å². The van der Waals surface area contributed by atoms with Crippen molar-refractivity contribution in [2.45, 2.75) is 25.8 Å². The highest BCUT2D eigenvalue weighted by atomic mass is 16.5. The number of hydrogen-bond acceptors (Lipinski definition) is 4. The molecule has 1 aliphatic rings. The van der Waals surface area contributed by atoms with Crippen LogP contribution in [0.4, 0.5) is 4.79 Å². The van der Waals surface area contributed by atoms with Crippen molar-refractivity contribution < 1.29 is 19.1 Å². The van der Waals surface area contributed by atoms with E-state index < -0.39 is 23.4 Å². The van der Waals surface area contributed by atoms with Gasteiger partial charge in [0.1, 0.15) is 11.3 Å². The Balaban J connectivity index is 2.30. The second-order valence-electron chi connectivity index (χ2n) is 5.41. The zero-order chi connectivity index (χ0) is 16.5. The number of amides is 4. The summed E-state index contributed by atoms with van der Waals surface area (Å²) in [6.07, 6.45) is -0.0587. The summed E-state index contributed by atoms with van der Waals surface area (Å²) >= 11 is 0. The van der Waals surface area contributed by atoms with E-state index in [1.165, 1.54) is 0 Å². The summed E-state index contributed by atoms with van der Waals surface area (Å²) in [5.41, 5.74) is 5.43. The molecule has 1 aromatic carbocycles. The lowest BCUT2D eigenvalue weighted by atomic mass is 9.90. The molecule has 2 rings (SSSR count). The smallest absolute Gasteiger partial charge is 0.325 e. The highest BCUT2D eigenvalue weighted by Crippen LogP contribution is 2.31. The number of rotatable bonds is 5. The van der Waals surface area contributed by atoms with E-state index in [0.29, 0.717) is 11.3 Å². The number of aryl methyl sites for hydroxylation is 1. The quantitative estimate of drug-likeness (QED) is 0.780. The maximum atomic E-state index is 12.6. The number of imide groups is 1. The minimum Gasteiger partial charge on any atom is -0.496 e. The molecule has 1 aromatic rings. The van der Waals surface area contributed by atoms with Crippen molar-refractivity contribution in [2.24, 2.45) is 5.73 Å². The van der Waals surface area contributed by atoms with Gasteiger partial charge < -0.3 is 15.8 Å². The number of carbonyl (C=O) groups excluding carboxylic acids is 3. The largest absolute Gasteiger partial charge is 0.496 e. The average Bonchev–Trinajstić information content (AvgIpc) is 2.68. The van der Waals surface area contributed by atoms with Gasteiger partial charge in [-0.1, -0.05) is 6.07 Å². The number of nitrogens with two attached hydrogens (primary N) is 1. The Morgan fingerprint density at radius 2 is 2.09 bits per heavy atom. The first-order chi connectivity index (χ1) is 10.3. The average molecular weight is 305 g/mol. The number of carbonyl (C=O) groups is 3. The van der Waals surface area contributed by atoms with Crippen LogP contribution in [0.25, 0.3) is 0 Å². The van der Waals surface area contributed by atoms with Gasteiger partial charge in [0, 0.05) is 13.0 Å². The minimum absolute atomic E-state index is 0.0231. The molecular formula is C15H19N3O4. The summed E-state index contributed by atoms with van der Waals surface area (Å²) in [5, 5.41) is 2.68. The summed E-state index contributed by atoms with van der Waals surface area (Å²) in [7, 11) is 1.57. The number of methoxy groups -OCH3 is 1. The van der Waals surface area contributed by atoms with E-state index in [2.05, 4.69) is 5.32 Å². The summed E-state index contributed by atoms with van der Waals surface area (Å²) in [6, 6.07) is 4.76. The zero-order valence-corrected chi connectivity index (χ0v) is 12.8. The first-order valence-electron chi connectivity index (χ1n) is 6.87. The van der Waals surface area contributed by atoms with Crippen LogP contribution in [0.1, 0.15) is 24.5 Å². The summed E-state index contributed by atoms with van der Waals surface area (Å²) in [4.78, 5) is 36.5. The molecule has 1 heterocycles. The number of ether oxygens (including phenoxy) is 1.